The average molecular weight is 291 g/mol. The monoisotopic (exact) mass is 291 g/mol. The number of rotatable bonds is 3. The van der Waals surface area contributed by atoms with Crippen molar-refractivity contribution in [2.75, 3.05) is 7.11 Å². The SMILES string of the molecule is COc1ccc2nc([C@H]3C[C@@H]3c3nccc(C)n3)ccc2c1. The largest absolute Gasteiger partial charge is 0.497 e. The highest BCUT2D eigenvalue weighted by Gasteiger charge is 2.42. The summed E-state index contributed by atoms with van der Waals surface area (Å²) in [4.78, 5) is 13.7. The minimum atomic E-state index is 0.406. The van der Waals surface area contributed by atoms with Crippen LogP contribution in [-0.2, 0) is 0 Å². The summed E-state index contributed by atoms with van der Waals surface area (Å²) in [5.41, 5.74) is 3.16. The fraction of sp³-hybridized carbons (Fsp3) is 0.278. The molecule has 0 bridgehead atoms. The molecule has 1 aromatic carbocycles. The molecule has 1 aliphatic rings. The molecule has 4 heteroatoms. The number of methoxy groups -OCH3 is 1. The summed E-state index contributed by atoms with van der Waals surface area (Å²) in [6, 6.07) is 12.1. The van der Waals surface area contributed by atoms with Gasteiger partial charge in [-0.2, -0.15) is 0 Å². The van der Waals surface area contributed by atoms with Crippen molar-refractivity contribution in [3.8, 4) is 5.75 Å². The van der Waals surface area contributed by atoms with Crippen LogP contribution < -0.4 is 4.74 Å². The highest BCUT2D eigenvalue weighted by atomic mass is 16.5. The summed E-state index contributed by atoms with van der Waals surface area (Å²) in [6.07, 6.45) is 2.92. The van der Waals surface area contributed by atoms with Gasteiger partial charge in [-0.3, -0.25) is 4.98 Å². The Kier molecular flexibility index (Phi) is 3.03. The van der Waals surface area contributed by atoms with Crippen LogP contribution in [0.4, 0.5) is 0 Å². The second-order valence-electron chi connectivity index (χ2n) is 5.80. The van der Waals surface area contributed by atoms with Crippen LogP contribution in [0.5, 0.6) is 5.75 Å². The predicted molar refractivity (Wildman–Crippen MR) is 85.2 cm³/mol. The van der Waals surface area contributed by atoms with E-state index in [2.05, 4.69) is 22.1 Å². The zero-order valence-corrected chi connectivity index (χ0v) is 12.7. The molecule has 22 heavy (non-hydrogen) atoms. The van der Waals surface area contributed by atoms with Crippen LogP contribution in [0.15, 0.2) is 42.6 Å². The van der Waals surface area contributed by atoms with E-state index in [0.29, 0.717) is 11.8 Å². The van der Waals surface area contributed by atoms with Gasteiger partial charge in [0.05, 0.1) is 12.6 Å². The van der Waals surface area contributed by atoms with Crippen molar-refractivity contribution in [1.29, 1.82) is 0 Å². The van der Waals surface area contributed by atoms with E-state index in [-0.39, 0.29) is 0 Å². The Morgan fingerprint density at radius 1 is 1.05 bits per heavy atom. The summed E-state index contributed by atoms with van der Waals surface area (Å²) in [5, 5.41) is 1.10. The average Bonchev–Trinajstić information content (AvgIpc) is 3.34. The zero-order chi connectivity index (χ0) is 15.1. The number of aromatic nitrogens is 3. The first-order chi connectivity index (χ1) is 10.7. The molecule has 0 radical (unpaired) electrons. The first kappa shape index (κ1) is 13.2. The summed E-state index contributed by atoms with van der Waals surface area (Å²) in [5.74, 6) is 2.65. The van der Waals surface area contributed by atoms with Crippen LogP contribution in [0.2, 0.25) is 0 Å². The van der Waals surface area contributed by atoms with Crippen LogP contribution in [0, 0.1) is 6.92 Å². The highest BCUT2D eigenvalue weighted by Crippen LogP contribution is 2.53. The molecule has 0 aliphatic heterocycles. The van der Waals surface area contributed by atoms with Gasteiger partial charge in [0.25, 0.3) is 0 Å². The number of nitrogens with zero attached hydrogens (tertiary/aromatic N) is 3. The number of hydrogen-bond donors (Lipinski definition) is 0. The zero-order valence-electron chi connectivity index (χ0n) is 12.7. The molecule has 1 fully saturated rings. The Labute approximate surface area is 129 Å². The minimum absolute atomic E-state index is 0.406. The third kappa shape index (κ3) is 2.30. The van der Waals surface area contributed by atoms with Crippen molar-refractivity contribution < 1.29 is 4.74 Å². The maximum Gasteiger partial charge on any atom is 0.132 e. The van der Waals surface area contributed by atoms with E-state index in [1.54, 1.807) is 7.11 Å². The van der Waals surface area contributed by atoms with E-state index >= 15 is 0 Å². The number of aryl methyl sites for hydroxylation is 1. The second kappa shape index (κ2) is 5.05. The van der Waals surface area contributed by atoms with Crippen molar-refractivity contribution >= 4 is 10.9 Å². The normalized spacial score (nSPS) is 20.1. The Hall–Kier alpha value is -2.49. The van der Waals surface area contributed by atoms with Gasteiger partial charge >= 0.3 is 0 Å². The van der Waals surface area contributed by atoms with E-state index in [9.17, 15) is 0 Å². The lowest BCUT2D eigenvalue weighted by Crippen LogP contribution is -1.96. The lowest BCUT2D eigenvalue weighted by atomic mass is 10.1. The Balaban J connectivity index is 1.63. The molecule has 1 aliphatic carbocycles. The first-order valence-corrected chi connectivity index (χ1v) is 7.49. The third-order valence-corrected chi connectivity index (χ3v) is 4.23. The smallest absolute Gasteiger partial charge is 0.132 e. The molecule has 2 heterocycles. The van der Waals surface area contributed by atoms with Crippen molar-refractivity contribution in [3.63, 3.8) is 0 Å². The molecule has 2 aromatic heterocycles. The van der Waals surface area contributed by atoms with Crippen molar-refractivity contribution in [3.05, 3.63) is 59.8 Å². The standard InChI is InChI=1S/C18H17N3O/c1-11-7-8-19-18(20-11)15-10-14(15)17-5-3-12-9-13(22-2)4-6-16(12)21-17/h3-9,14-15H,10H2,1-2H3/t14-,15-/m0/s1. The molecule has 0 N–H and O–H groups in total. The Morgan fingerprint density at radius 3 is 2.77 bits per heavy atom. The lowest BCUT2D eigenvalue weighted by molar-refractivity contribution is 0.415. The number of fused-ring (bicyclic) bond motifs is 1. The third-order valence-electron chi connectivity index (χ3n) is 4.23. The molecule has 1 saturated carbocycles. The highest BCUT2D eigenvalue weighted by molar-refractivity contribution is 5.80. The summed E-state index contributed by atoms with van der Waals surface area (Å²) in [6.45, 7) is 2.00. The van der Waals surface area contributed by atoms with Crippen molar-refractivity contribution in [1.82, 2.24) is 15.0 Å². The van der Waals surface area contributed by atoms with Gasteiger partial charge in [0.1, 0.15) is 11.6 Å². The molecule has 4 rings (SSSR count). The van der Waals surface area contributed by atoms with E-state index in [4.69, 9.17) is 9.72 Å². The van der Waals surface area contributed by atoms with E-state index in [0.717, 1.165) is 40.3 Å². The maximum absolute atomic E-state index is 5.25. The first-order valence-electron chi connectivity index (χ1n) is 7.49. The van der Waals surface area contributed by atoms with Gasteiger partial charge in [-0.1, -0.05) is 6.07 Å². The van der Waals surface area contributed by atoms with Gasteiger partial charge in [-0.25, -0.2) is 9.97 Å². The van der Waals surface area contributed by atoms with E-state index in [1.165, 1.54) is 0 Å². The maximum atomic E-state index is 5.25. The summed E-state index contributed by atoms with van der Waals surface area (Å²) < 4.78 is 5.25. The van der Waals surface area contributed by atoms with Crippen LogP contribution in [-0.4, -0.2) is 22.1 Å². The van der Waals surface area contributed by atoms with Gasteiger partial charge < -0.3 is 4.74 Å². The molecular weight excluding hydrogens is 274 g/mol. The van der Waals surface area contributed by atoms with Gasteiger partial charge in [0.15, 0.2) is 0 Å². The molecule has 0 spiro atoms. The number of benzene rings is 1. The number of ether oxygens (including phenoxy) is 1. The molecule has 110 valence electrons. The number of hydrogen-bond acceptors (Lipinski definition) is 4. The molecule has 2 atom stereocenters. The molecule has 0 unspecified atom stereocenters. The van der Waals surface area contributed by atoms with Crippen LogP contribution in [0.1, 0.15) is 35.5 Å². The minimum Gasteiger partial charge on any atom is -0.497 e. The molecule has 3 aromatic rings. The van der Waals surface area contributed by atoms with Gasteiger partial charge in [-0.15, -0.1) is 0 Å². The van der Waals surface area contributed by atoms with Crippen LogP contribution >= 0.6 is 0 Å². The molecular formula is C18H17N3O. The predicted octanol–water partition coefficient (Wildman–Crippen LogP) is 3.61. The Bertz CT molecular complexity index is 847. The molecule has 0 amide bonds. The molecule has 4 nitrogen and oxygen atoms in total. The summed E-state index contributed by atoms with van der Waals surface area (Å²) in [7, 11) is 1.68. The molecule has 0 saturated heterocycles. The van der Waals surface area contributed by atoms with Crippen molar-refractivity contribution in [2.24, 2.45) is 0 Å². The van der Waals surface area contributed by atoms with Crippen molar-refractivity contribution in [2.45, 2.75) is 25.2 Å². The van der Waals surface area contributed by atoms with Gasteiger partial charge in [-0.05, 0) is 43.7 Å². The fourth-order valence-electron chi connectivity index (χ4n) is 2.91. The van der Waals surface area contributed by atoms with E-state index in [1.807, 2.05) is 37.4 Å². The Morgan fingerprint density at radius 2 is 1.95 bits per heavy atom. The van der Waals surface area contributed by atoms with Crippen LogP contribution in [0.25, 0.3) is 10.9 Å². The van der Waals surface area contributed by atoms with E-state index < -0.39 is 0 Å². The quantitative estimate of drug-likeness (QED) is 0.739. The lowest BCUT2D eigenvalue weighted by Gasteiger charge is -2.05. The van der Waals surface area contributed by atoms with Gasteiger partial charge in [0.2, 0.25) is 0 Å². The topological polar surface area (TPSA) is 47.9 Å². The number of pyridine rings is 1. The summed E-state index contributed by atoms with van der Waals surface area (Å²) >= 11 is 0. The van der Waals surface area contributed by atoms with Gasteiger partial charge in [0, 0.05) is 34.8 Å². The second-order valence-corrected chi connectivity index (χ2v) is 5.80. The van der Waals surface area contributed by atoms with Crippen LogP contribution in [0.3, 0.4) is 0 Å². The fourth-order valence-corrected chi connectivity index (χ4v) is 2.91.